The van der Waals surface area contributed by atoms with Crippen molar-refractivity contribution in [2.24, 2.45) is 0 Å². The van der Waals surface area contributed by atoms with Crippen LogP contribution in [0.4, 0.5) is 17.5 Å². The van der Waals surface area contributed by atoms with E-state index in [4.69, 9.17) is 30.8 Å². The van der Waals surface area contributed by atoms with Crippen LogP contribution < -0.4 is 15.1 Å². The van der Waals surface area contributed by atoms with Gasteiger partial charge in [-0.05, 0) is 68.4 Å². The average Bonchev–Trinajstić information content (AvgIpc) is 3.60. The van der Waals surface area contributed by atoms with Gasteiger partial charge in [-0.1, -0.05) is 42.2 Å². The first kappa shape index (κ1) is 39.1. The third kappa shape index (κ3) is 8.12. The van der Waals surface area contributed by atoms with Gasteiger partial charge >= 0.3 is 17.9 Å². The Morgan fingerprint density at radius 2 is 1.43 bits per heavy atom. The van der Waals surface area contributed by atoms with E-state index in [0.717, 1.165) is 16.7 Å². The molecule has 1 saturated heterocycles. The monoisotopic (exact) mass is 742 g/mol. The number of hydrogen-bond donors (Lipinski definition) is 1. The van der Waals surface area contributed by atoms with E-state index in [1.807, 2.05) is 20.8 Å². The second-order valence-electron chi connectivity index (χ2n) is 13.4. The number of fused-ring (bicyclic) bond motifs is 1. The van der Waals surface area contributed by atoms with Crippen LogP contribution >= 0.6 is 24.0 Å². The fourth-order valence-electron chi connectivity index (χ4n) is 5.47. The minimum atomic E-state index is -1.09. The van der Waals surface area contributed by atoms with Gasteiger partial charge in [0.15, 0.2) is 0 Å². The summed E-state index contributed by atoms with van der Waals surface area (Å²) < 4.78 is 21.8. The Bertz CT molecular complexity index is 1820. The molecular weight excluding hydrogens is 701 g/mol. The molecular formula is C35H42N4O10S2. The molecule has 4 rings (SSSR count). The van der Waals surface area contributed by atoms with E-state index in [0.29, 0.717) is 11.3 Å². The van der Waals surface area contributed by atoms with Gasteiger partial charge in [-0.2, -0.15) is 0 Å². The minimum absolute atomic E-state index is 0.00390. The van der Waals surface area contributed by atoms with E-state index >= 15 is 0 Å². The molecule has 274 valence electrons. The van der Waals surface area contributed by atoms with Crippen LogP contribution in [0.3, 0.4) is 0 Å². The Morgan fingerprint density at radius 1 is 0.843 bits per heavy atom. The molecule has 1 aromatic heterocycles. The fraction of sp³-hybridized carbons (Fsp3) is 0.457. The summed E-state index contributed by atoms with van der Waals surface area (Å²) in [5.74, 6) is -4.82. The van der Waals surface area contributed by atoms with Crippen LogP contribution in [-0.4, -0.2) is 88.8 Å². The van der Waals surface area contributed by atoms with Crippen molar-refractivity contribution in [2.75, 3.05) is 48.0 Å². The lowest BCUT2D eigenvalue weighted by atomic mass is 10.0. The molecule has 16 heteroatoms. The molecule has 3 amide bonds. The number of hydrogen-bond acceptors (Lipinski definition) is 13. The summed E-state index contributed by atoms with van der Waals surface area (Å²) >= 11 is 6.42. The summed E-state index contributed by atoms with van der Waals surface area (Å²) in [4.78, 5) is 84.8. The van der Waals surface area contributed by atoms with Gasteiger partial charge < -0.3 is 23.9 Å². The van der Waals surface area contributed by atoms with Crippen molar-refractivity contribution in [3.05, 3.63) is 45.9 Å². The van der Waals surface area contributed by atoms with E-state index in [2.05, 4.69) is 5.32 Å². The van der Waals surface area contributed by atoms with Gasteiger partial charge in [-0.3, -0.25) is 33.9 Å². The number of carbonyl (C=O) groups excluding carboxylic acids is 6. The van der Waals surface area contributed by atoms with Gasteiger partial charge in [0.1, 0.15) is 28.5 Å². The van der Waals surface area contributed by atoms with Gasteiger partial charge in [0.25, 0.3) is 11.8 Å². The first-order valence-electron chi connectivity index (χ1n) is 16.3. The highest BCUT2D eigenvalue weighted by atomic mass is 32.2. The summed E-state index contributed by atoms with van der Waals surface area (Å²) in [6.45, 7) is 14.5. The molecule has 3 heterocycles. The lowest BCUT2D eigenvalue weighted by Gasteiger charge is -2.35. The maximum absolute atomic E-state index is 14.4. The third-order valence-electron chi connectivity index (χ3n) is 7.35. The molecule has 2 aliphatic heterocycles. The number of ether oxygens (including phenoxy) is 3. The Balaban J connectivity index is 1.79. The Hall–Kier alpha value is -4.70. The molecule has 51 heavy (non-hydrogen) atoms. The van der Waals surface area contributed by atoms with Crippen LogP contribution in [0.1, 0.15) is 88.6 Å². The maximum Gasteiger partial charge on any atom is 0.344 e. The molecule has 0 atom stereocenters. The molecule has 0 aliphatic carbocycles. The van der Waals surface area contributed by atoms with Crippen molar-refractivity contribution in [1.82, 2.24) is 4.90 Å². The van der Waals surface area contributed by atoms with E-state index in [-0.39, 0.29) is 64.1 Å². The predicted molar refractivity (Wildman–Crippen MR) is 195 cm³/mol. The van der Waals surface area contributed by atoms with Crippen molar-refractivity contribution in [3.63, 3.8) is 0 Å². The van der Waals surface area contributed by atoms with Crippen LogP contribution in [0.15, 0.2) is 33.6 Å². The molecule has 2 aliphatic rings. The number of esters is 3. The van der Waals surface area contributed by atoms with Gasteiger partial charge in [0.05, 0.1) is 36.0 Å². The van der Waals surface area contributed by atoms with Crippen molar-refractivity contribution < 1.29 is 47.4 Å². The van der Waals surface area contributed by atoms with E-state index in [1.165, 1.54) is 9.80 Å². The van der Waals surface area contributed by atoms with Crippen molar-refractivity contribution in [1.29, 1.82) is 0 Å². The SMILES string of the molecule is CCOC(=O)CN1C(=O)/C(=C2\SC(=S)N(CC(=O)N(c3oc(NC(C)(C)C)c(C(=O)OCC)c3C(=O)OCC)C(C)(C)C)C2=O)c2ccccc21. The quantitative estimate of drug-likeness (QED) is 0.139. The summed E-state index contributed by atoms with van der Waals surface area (Å²) in [6, 6.07) is 6.71. The molecule has 0 spiro atoms. The first-order chi connectivity index (χ1) is 23.9. The highest BCUT2D eigenvalue weighted by Crippen LogP contribution is 2.45. The molecule has 14 nitrogen and oxygen atoms in total. The molecule has 0 bridgehead atoms. The standard InChI is InChI=1S/C35H42N4O10S2/c1-10-46-22(41)18-37-20-16-14-13-15-19(20)23(28(37)42)26-29(43)38(33(50)51-26)17-21(40)39(35(7,8)9)30-25(32(45)48-12-3)24(31(44)47-11-2)27(49-30)36-34(4,5)6/h13-16,36H,10-12,17-18H2,1-9H3/b26-23-. The second-order valence-corrected chi connectivity index (χ2v) is 15.0. The van der Waals surface area contributed by atoms with E-state index in [9.17, 15) is 28.8 Å². The van der Waals surface area contributed by atoms with Crippen molar-refractivity contribution in [3.8, 4) is 0 Å². The first-order valence-corrected chi connectivity index (χ1v) is 17.6. The van der Waals surface area contributed by atoms with Crippen LogP contribution in [0.25, 0.3) is 5.57 Å². The number of amides is 3. The normalized spacial score (nSPS) is 16.0. The molecule has 0 saturated carbocycles. The number of para-hydroxylation sites is 1. The highest BCUT2D eigenvalue weighted by Gasteiger charge is 2.46. The number of anilines is 3. The number of carbonyl (C=O) groups is 6. The molecule has 1 fully saturated rings. The molecule has 0 unspecified atom stereocenters. The van der Waals surface area contributed by atoms with Crippen LogP contribution in [0.2, 0.25) is 0 Å². The number of benzene rings is 1. The second kappa shape index (κ2) is 15.3. The molecule has 1 aromatic carbocycles. The lowest BCUT2D eigenvalue weighted by molar-refractivity contribution is -0.142. The Kier molecular flexibility index (Phi) is 11.7. The zero-order valence-electron chi connectivity index (χ0n) is 30.1. The summed E-state index contributed by atoms with van der Waals surface area (Å²) in [7, 11) is 0. The molecule has 0 radical (unpaired) electrons. The maximum atomic E-state index is 14.4. The van der Waals surface area contributed by atoms with E-state index in [1.54, 1.807) is 65.8 Å². The zero-order chi connectivity index (χ0) is 38.0. The topological polar surface area (TPSA) is 165 Å². The fourth-order valence-corrected chi connectivity index (χ4v) is 6.80. The Labute approximate surface area is 305 Å². The number of furan rings is 1. The van der Waals surface area contributed by atoms with Crippen LogP contribution in [0, 0.1) is 0 Å². The smallest absolute Gasteiger partial charge is 0.344 e. The number of thioether (sulfide) groups is 1. The van der Waals surface area contributed by atoms with Gasteiger partial charge in [-0.25, -0.2) is 9.59 Å². The lowest BCUT2D eigenvalue weighted by Crippen LogP contribution is -2.51. The Morgan fingerprint density at radius 3 is 2.00 bits per heavy atom. The van der Waals surface area contributed by atoms with Crippen molar-refractivity contribution >= 4 is 87.0 Å². The number of nitrogens with zero attached hydrogens (tertiary/aromatic N) is 3. The number of nitrogens with one attached hydrogen (secondary N) is 1. The highest BCUT2D eigenvalue weighted by molar-refractivity contribution is 8.26. The van der Waals surface area contributed by atoms with E-state index < -0.39 is 53.3 Å². The summed E-state index contributed by atoms with van der Waals surface area (Å²) in [5, 5.41) is 3.08. The molecule has 2 aromatic rings. The van der Waals surface area contributed by atoms with Gasteiger partial charge in [0, 0.05) is 16.6 Å². The van der Waals surface area contributed by atoms with Gasteiger partial charge in [-0.15, -0.1) is 0 Å². The molecule has 1 N–H and O–H groups in total. The number of rotatable bonds is 11. The largest absolute Gasteiger partial charge is 0.465 e. The average molecular weight is 743 g/mol. The third-order valence-corrected chi connectivity index (χ3v) is 8.79. The minimum Gasteiger partial charge on any atom is -0.465 e. The number of thiocarbonyl (C=S) groups is 1. The predicted octanol–water partition coefficient (Wildman–Crippen LogP) is 5.16. The van der Waals surface area contributed by atoms with Gasteiger partial charge in [0.2, 0.25) is 17.7 Å². The van der Waals surface area contributed by atoms with Crippen LogP contribution in [-0.2, 0) is 33.4 Å². The van der Waals surface area contributed by atoms with Crippen molar-refractivity contribution in [2.45, 2.75) is 73.4 Å². The summed E-state index contributed by atoms with van der Waals surface area (Å²) in [6.07, 6.45) is 0. The summed E-state index contributed by atoms with van der Waals surface area (Å²) in [5.41, 5.74) is -1.43. The zero-order valence-corrected chi connectivity index (χ0v) is 31.7. The van der Waals surface area contributed by atoms with Crippen LogP contribution in [0.5, 0.6) is 0 Å².